The van der Waals surface area contributed by atoms with Gasteiger partial charge >= 0.3 is 0 Å². The summed E-state index contributed by atoms with van der Waals surface area (Å²) < 4.78 is 6.08. The molecule has 0 aliphatic heterocycles. The monoisotopic (exact) mass is 247 g/mol. The van der Waals surface area contributed by atoms with E-state index in [2.05, 4.69) is 36.5 Å². The Morgan fingerprint density at radius 1 is 1.28 bits per heavy atom. The van der Waals surface area contributed by atoms with E-state index in [9.17, 15) is 0 Å². The number of likely N-dealkylation sites (N-methyl/N-ethyl adjacent to an activating group) is 1. The van der Waals surface area contributed by atoms with Gasteiger partial charge in [0, 0.05) is 6.61 Å². The predicted octanol–water partition coefficient (Wildman–Crippen LogP) is 3.47. The zero-order valence-corrected chi connectivity index (χ0v) is 11.6. The molecule has 0 heterocycles. The van der Waals surface area contributed by atoms with Gasteiger partial charge in [0.25, 0.3) is 0 Å². The summed E-state index contributed by atoms with van der Waals surface area (Å²) in [5.74, 6) is 0. The van der Waals surface area contributed by atoms with Crippen LogP contribution in [0.25, 0.3) is 0 Å². The van der Waals surface area contributed by atoms with Crippen LogP contribution in [0.15, 0.2) is 24.3 Å². The summed E-state index contributed by atoms with van der Waals surface area (Å²) in [5, 5.41) is 3.43. The molecule has 2 nitrogen and oxygen atoms in total. The van der Waals surface area contributed by atoms with Crippen LogP contribution < -0.4 is 5.32 Å². The number of hydrogen-bond donors (Lipinski definition) is 1. The highest BCUT2D eigenvalue weighted by Crippen LogP contribution is 2.31. The molecule has 0 bridgehead atoms. The molecule has 2 unspecified atom stereocenters. The Hall–Kier alpha value is -0.860. The first-order valence-corrected chi connectivity index (χ1v) is 7.23. The minimum absolute atomic E-state index is 0.335. The van der Waals surface area contributed by atoms with Crippen LogP contribution in [0, 0.1) is 0 Å². The van der Waals surface area contributed by atoms with E-state index in [1.807, 2.05) is 7.05 Å². The maximum atomic E-state index is 6.08. The first-order valence-electron chi connectivity index (χ1n) is 7.23. The first-order chi connectivity index (χ1) is 8.86. The van der Waals surface area contributed by atoms with Crippen LogP contribution in [-0.4, -0.2) is 19.8 Å². The van der Waals surface area contributed by atoms with Gasteiger partial charge in [-0.2, -0.15) is 0 Å². The Kier molecular flexibility index (Phi) is 5.21. The molecule has 100 valence electrons. The molecule has 1 aliphatic carbocycles. The van der Waals surface area contributed by atoms with Gasteiger partial charge < -0.3 is 10.1 Å². The van der Waals surface area contributed by atoms with Crippen LogP contribution in [-0.2, 0) is 11.2 Å². The molecule has 0 saturated carbocycles. The van der Waals surface area contributed by atoms with E-state index in [4.69, 9.17) is 4.74 Å². The van der Waals surface area contributed by atoms with Crippen molar-refractivity contribution < 1.29 is 4.74 Å². The Bertz CT molecular complexity index is 364. The molecule has 0 fully saturated rings. The summed E-state index contributed by atoms with van der Waals surface area (Å²) in [6.07, 6.45) is 6.33. The summed E-state index contributed by atoms with van der Waals surface area (Å²) in [4.78, 5) is 0. The van der Waals surface area contributed by atoms with Gasteiger partial charge in [0.15, 0.2) is 0 Å². The molecule has 1 aromatic rings. The van der Waals surface area contributed by atoms with E-state index in [0.717, 1.165) is 19.4 Å². The van der Waals surface area contributed by atoms with Crippen molar-refractivity contribution in [3.8, 4) is 0 Å². The van der Waals surface area contributed by atoms with Crippen molar-refractivity contribution in [1.29, 1.82) is 0 Å². The lowest BCUT2D eigenvalue weighted by Crippen LogP contribution is -2.36. The van der Waals surface area contributed by atoms with Crippen molar-refractivity contribution in [2.75, 3.05) is 13.7 Å². The number of unbranched alkanes of at least 4 members (excludes halogenated alkanes) is 2. The van der Waals surface area contributed by atoms with E-state index in [0.29, 0.717) is 12.1 Å². The summed E-state index contributed by atoms with van der Waals surface area (Å²) in [6.45, 7) is 3.13. The van der Waals surface area contributed by atoms with Crippen molar-refractivity contribution in [3.63, 3.8) is 0 Å². The van der Waals surface area contributed by atoms with E-state index in [1.54, 1.807) is 0 Å². The molecule has 0 saturated heterocycles. The predicted molar refractivity (Wildman–Crippen MR) is 75.8 cm³/mol. The Balaban J connectivity index is 1.97. The van der Waals surface area contributed by atoms with E-state index < -0.39 is 0 Å². The third-order valence-electron chi connectivity index (χ3n) is 3.85. The van der Waals surface area contributed by atoms with E-state index >= 15 is 0 Å². The SMILES string of the molecule is CCCCCOC1CCc2ccccc2C1NC. The smallest absolute Gasteiger partial charge is 0.0772 e. The summed E-state index contributed by atoms with van der Waals surface area (Å²) in [7, 11) is 2.04. The zero-order chi connectivity index (χ0) is 12.8. The lowest BCUT2D eigenvalue weighted by atomic mass is 9.85. The number of ether oxygens (including phenoxy) is 1. The number of fused-ring (bicyclic) bond motifs is 1. The molecule has 1 N–H and O–H groups in total. The minimum Gasteiger partial charge on any atom is -0.376 e. The van der Waals surface area contributed by atoms with Crippen molar-refractivity contribution >= 4 is 0 Å². The second-order valence-electron chi connectivity index (χ2n) is 5.12. The summed E-state index contributed by atoms with van der Waals surface area (Å²) >= 11 is 0. The quantitative estimate of drug-likeness (QED) is 0.777. The molecule has 2 atom stereocenters. The van der Waals surface area contributed by atoms with Gasteiger partial charge in [-0.15, -0.1) is 0 Å². The van der Waals surface area contributed by atoms with E-state index in [-0.39, 0.29) is 0 Å². The van der Waals surface area contributed by atoms with Gasteiger partial charge in [-0.25, -0.2) is 0 Å². The average molecular weight is 247 g/mol. The number of benzene rings is 1. The molecule has 2 heteroatoms. The van der Waals surface area contributed by atoms with Crippen molar-refractivity contribution in [3.05, 3.63) is 35.4 Å². The standard InChI is InChI=1S/C16H25NO/c1-3-4-7-12-18-15-11-10-13-8-5-6-9-14(13)16(15)17-2/h5-6,8-9,15-17H,3-4,7,10-12H2,1-2H3. The summed E-state index contributed by atoms with van der Waals surface area (Å²) in [6, 6.07) is 9.10. The van der Waals surface area contributed by atoms with Crippen LogP contribution in [0.2, 0.25) is 0 Å². The van der Waals surface area contributed by atoms with Crippen LogP contribution in [0.1, 0.15) is 49.8 Å². The van der Waals surface area contributed by atoms with Gasteiger partial charge in [0.05, 0.1) is 12.1 Å². The number of nitrogens with one attached hydrogen (secondary N) is 1. The molecule has 0 amide bonds. The number of aryl methyl sites for hydroxylation is 1. The molecular weight excluding hydrogens is 222 g/mol. The highest BCUT2D eigenvalue weighted by molar-refractivity contribution is 5.33. The Labute approximate surface area is 111 Å². The van der Waals surface area contributed by atoms with Gasteiger partial charge in [-0.05, 0) is 37.4 Å². The molecule has 0 aromatic heterocycles. The normalized spacial score (nSPS) is 22.8. The fourth-order valence-corrected chi connectivity index (χ4v) is 2.84. The van der Waals surface area contributed by atoms with Gasteiger partial charge in [-0.1, -0.05) is 44.0 Å². The van der Waals surface area contributed by atoms with Gasteiger partial charge in [0.2, 0.25) is 0 Å². The van der Waals surface area contributed by atoms with Gasteiger partial charge in [-0.3, -0.25) is 0 Å². The van der Waals surface area contributed by atoms with Crippen LogP contribution in [0.5, 0.6) is 0 Å². The second kappa shape index (κ2) is 6.91. The van der Waals surface area contributed by atoms with Crippen molar-refractivity contribution in [1.82, 2.24) is 5.32 Å². The lowest BCUT2D eigenvalue weighted by molar-refractivity contribution is 0.0156. The first kappa shape index (κ1) is 13.6. The fraction of sp³-hybridized carbons (Fsp3) is 0.625. The molecule has 1 aromatic carbocycles. The van der Waals surface area contributed by atoms with Crippen LogP contribution in [0.3, 0.4) is 0 Å². The van der Waals surface area contributed by atoms with Crippen molar-refractivity contribution in [2.24, 2.45) is 0 Å². The maximum absolute atomic E-state index is 6.08. The average Bonchev–Trinajstić information content (AvgIpc) is 2.43. The number of rotatable bonds is 6. The van der Waals surface area contributed by atoms with Crippen LogP contribution in [0.4, 0.5) is 0 Å². The Morgan fingerprint density at radius 2 is 2.11 bits per heavy atom. The highest BCUT2D eigenvalue weighted by Gasteiger charge is 2.28. The molecule has 0 radical (unpaired) electrons. The molecule has 2 rings (SSSR count). The number of hydrogen-bond acceptors (Lipinski definition) is 2. The molecule has 1 aliphatic rings. The zero-order valence-electron chi connectivity index (χ0n) is 11.6. The topological polar surface area (TPSA) is 21.3 Å². The maximum Gasteiger partial charge on any atom is 0.0772 e. The molecule has 0 spiro atoms. The Morgan fingerprint density at radius 3 is 2.89 bits per heavy atom. The second-order valence-corrected chi connectivity index (χ2v) is 5.12. The minimum atomic E-state index is 0.335. The van der Waals surface area contributed by atoms with Crippen LogP contribution >= 0.6 is 0 Å². The van der Waals surface area contributed by atoms with Crippen molar-refractivity contribution in [2.45, 2.75) is 51.2 Å². The third-order valence-corrected chi connectivity index (χ3v) is 3.85. The molecular formula is C16H25NO. The largest absolute Gasteiger partial charge is 0.376 e. The fourth-order valence-electron chi connectivity index (χ4n) is 2.84. The highest BCUT2D eigenvalue weighted by atomic mass is 16.5. The van der Waals surface area contributed by atoms with Gasteiger partial charge in [0.1, 0.15) is 0 Å². The third kappa shape index (κ3) is 3.12. The lowest BCUT2D eigenvalue weighted by Gasteiger charge is -2.33. The van der Waals surface area contributed by atoms with E-state index in [1.165, 1.54) is 30.4 Å². The molecule has 18 heavy (non-hydrogen) atoms. The summed E-state index contributed by atoms with van der Waals surface area (Å²) in [5.41, 5.74) is 2.90.